The quantitative estimate of drug-likeness (QED) is 0.632. The van der Waals surface area contributed by atoms with E-state index in [-0.39, 0.29) is 11.5 Å². The van der Waals surface area contributed by atoms with Gasteiger partial charge in [0.15, 0.2) is 0 Å². The lowest BCUT2D eigenvalue weighted by Gasteiger charge is -2.49. The van der Waals surface area contributed by atoms with E-state index in [0.717, 1.165) is 6.42 Å². The summed E-state index contributed by atoms with van der Waals surface area (Å²) in [4.78, 5) is 11.7. The van der Waals surface area contributed by atoms with E-state index in [2.05, 4.69) is 20.4 Å². The molecule has 2 heteroatoms. The van der Waals surface area contributed by atoms with Crippen LogP contribution in [0.5, 0.6) is 0 Å². The summed E-state index contributed by atoms with van der Waals surface area (Å²) in [5.74, 6) is 0.671. The predicted molar refractivity (Wildman–Crippen MR) is 57.1 cm³/mol. The number of hydrogen-bond donors (Lipinski definition) is 0. The van der Waals surface area contributed by atoms with Crippen molar-refractivity contribution in [2.75, 3.05) is 6.61 Å². The van der Waals surface area contributed by atoms with Crippen molar-refractivity contribution >= 4 is 5.78 Å². The lowest BCUT2D eigenvalue weighted by Crippen LogP contribution is -2.58. The molecule has 14 heavy (non-hydrogen) atoms. The predicted octanol–water partition coefficient (Wildman–Crippen LogP) is 2.58. The third-order valence-electron chi connectivity index (χ3n) is 3.34. The van der Waals surface area contributed by atoms with Gasteiger partial charge in [-0.05, 0) is 19.3 Å². The molecule has 0 amide bonds. The van der Waals surface area contributed by atoms with Gasteiger partial charge in [-0.25, -0.2) is 0 Å². The third kappa shape index (κ3) is 1.52. The maximum absolute atomic E-state index is 11.7. The minimum atomic E-state index is -0.280. The minimum Gasteiger partial charge on any atom is -0.377 e. The molecule has 0 aromatic carbocycles. The lowest BCUT2D eigenvalue weighted by atomic mass is 9.57. The molecule has 0 radical (unpaired) electrons. The summed E-state index contributed by atoms with van der Waals surface area (Å²) in [6.07, 6.45) is 3.27. The second-order valence-corrected chi connectivity index (χ2v) is 4.26. The summed E-state index contributed by atoms with van der Waals surface area (Å²) >= 11 is 0. The van der Waals surface area contributed by atoms with Gasteiger partial charge in [-0.3, -0.25) is 4.79 Å². The Morgan fingerprint density at radius 2 is 2.36 bits per heavy atom. The molecule has 2 nitrogen and oxygen atoms in total. The van der Waals surface area contributed by atoms with Crippen LogP contribution in [0.3, 0.4) is 0 Å². The van der Waals surface area contributed by atoms with Crippen molar-refractivity contribution in [1.82, 2.24) is 0 Å². The summed E-state index contributed by atoms with van der Waals surface area (Å²) < 4.78 is 5.61. The Hall–Kier alpha value is -0.630. The molecule has 80 valence electrons. The zero-order chi connectivity index (χ0) is 10.8. The van der Waals surface area contributed by atoms with E-state index < -0.39 is 0 Å². The zero-order valence-electron chi connectivity index (χ0n) is 9.38. The molecule has 1 aliphatic rings. The normalized spacial score (nSPS) is 31.7. The van der Waals surface area contributed by atoms with Crippen molar-refractivity contribution in [3.63, 3.8) is 0 Å². The number of carbonyl (C=O) groups is 1. The molecule has 0 aliphatic heterocycles. The maximum atomic E-state index is 11.7. The van der Waals surface area contributed by atoms with Crippen LogP contribution in [0.15, 0.2) is 12.7 Å². The van der Waals surface area contributed by atoms with Crippen molar-refractivity contribution in [2.45, 2.75) is 39.7 Å². The number of carbonyl (C=O) groups excluding carboxylic acids is 1. The zero-order valence-corrected chi connectivity index (χ0v) is 9.38. The molecule has 0 aromatic heterocycles. The SMILES string of the molecule is C=CC[C@]1(C(C)C)C(=O)C[C@@H]1OCC. The fourth-order valence-electron chi connectivity index (χ4n) is 2.41. The van der Waals surface area contributed by atoms with Gasteiger partial charge in [-0.1, -0.05) is 19.9 Å². The fourth-order valence-corrected chi connectivity index (χ4v) is 2.41. The number of Topliss-reactive ketones (excluding diaryl/α,β-unsaturated/α-hetero) is 1. The molecular formula is C12H20O2. The van der Waals surface area contributed by atoms with Crippen molar-refractivity contribution < 1.29 is 9.53 Å². The van der Waals surface area contributed by atoms with Crippen molar-refractivity contribution in [1.29, 1.82) is 0 Å². The Labute approximate surface area is 86.3 Å². The molecule has 1 aliphatic carbocycles. The topological polar surface area (TPSA) is 26.3 Å². The van der Waals surface area contributed by atoms with Gasteiger partial charge in [0.2, 0.25) is 0 Å². The first kappa shape index (κ1) is 11.4. The van der Waals surface area contributed by atoms with Crippen LogP contribution in [-0.4, -0.2) is 18.5 Å². The molecule has 0 spiro atoms. The molecule has 2 atom stereocenters. The molecule has 0 saturated heterocycles. The number of ether oxygens (including phenoxy) is 1. The van der Waals surface area contributed by atoms with Crippen molar-refractivity contribution in [3.05, 3.63) is 12.7 Å². The molecule has 1 rings (SSSR count). The van der Waals surface area contributed by atoms with E-state index in [1.54, 1.807) is 0 Å². The van der Waals surface area contributed by atoms with Crippen LogP contribution in [0.1, 0.15) is 33.6 Å². The lowest BCUT2D eigenvalue weighted by molar-refractivity contribution is -0.170. The van der Waals surface area contributed by atoms with Gasteiger partial charge in [0.05, 0.1) is 11.5 Å². The Kier molecular flexibility index (Phi) is 3.48. The average molecular weight is 196 g/mol. The Morgan fingerprint density at radius 3 is 2.71 bits per heavy atom. The highest BCUT2D eigenvalue weighted by molar-refractivity contribution is 5.92. The maximum Gasteiger partial charge on any atom is 0.144 e. The molecular weight excluding hydrogens is 176 g/mol. The molecule has 0 bridgehead atoms. The summed E-state index contributed by atoms with van der Waals surface area (Å²) in [5.41, 5.74) is -0.280. The third-order valence-corrected chi connectivity index (χ3v) is 3.34. The highest BCUT2D eigenvalue weighted by atomic mass is 16.5. The van der Waals surface area contributed by atoms with Crippen LogP contribution < -0.4 is 0 Å². The molecule has 1 fully saturated rings. The van der Waals surface area contributed by atoms with Gasteiger partial charge >= 0.3 is 0 Å². The van der Waals surface area contributed by atoms with Gasteiger partial charge in [0, 0.05) is 13.0 Å². The number of ketones is 1. The van der Waals surface area contributed by atoms with E-state index in [4.69, 9.17) is 4.74 Å². The molecule has 0 unspecified atom stereocenters. The second-order valence-electron chi connectivity index (χ2n) is 4.26. The first-order valence-corrected chi connectivity index (χ1v) is 5.35. The van der Waals surface area contributed by atoms with Gasteiger partial charge in [-0.15, -0.1) is 6.58 Å². The monoisotopic (exact) mass is 196 g/mol. The van der Waals surface area contributed by atoms with E-state index in [9.17, 15) is 4.79 Å². The van der Waals surface area contributed by atoms with Crippen LogP contribution in [0, 0.1) is 11.3 Å². The summed E-state index contributed by atoms with van der Waals surface area (Å²) in [6, 6.07) is 0. The van der Waals surface area contributed by atoms with E-state index in [0.29, 0.717) is 24.7 Å². The molecule has 0 heterocycles. The Morgan fingerprint density at radius 1 is 1.71 bits per heavy atom. The standard InChI is InChI=1S/C12H20O2/c1-5-7-12(9(3)4)10(13)8-11(12)14-6-2/h5,9,11H,1,6-8H2,2-4H3/t11-,12-/m0/s1. The second kappa shape index (κ2) is 4.26. The van der Waals surface area contributed by atoms with E-state index >= 15 is 0 Å². The molecule has 1 saturated carbocycles. The first-order valence-electron chi connectivity index (χ1n) is 5.35. The van der Waals surface area contributed by atoms with Crippen LogP contribution in [-0.2, 0) is 9.53 Å². The fraction of sp³-hybridized carbons (Fsp3) is 0.750. The number of rotatable bonds is 5. The van der Waals surface area contributed by atoms with Gasteiger partial charge in [-0.2, -0.15) is 0 Å². The molecule has 0 N–H and O–H groups in total. The van der Waals surface area contributed by atoms with Crippen LogP contribution in [0.25, 0.3) is 0 Å². The first-order chi connectivity index (χ1) is 6.59. The highest BCUT2D eigenvalue weighted by Crippen LogP contribution is 2.48. The number of hydrogen-bond acceptors (Lipinski definition) is 2. The minimum absolute atomic E-state index is 0.109. The van der Waals surface area contributed by atoms with Gasteiger partial charge in [0.25, 0.3) is 0 Å². The molecule has 0 aromatic rings. The van der Waals surface area contributed by atoms with Crippen LogP contribution in [0.4, 0.5) is 0 Å². The highest BCUT2D eigenvalue weighted by Gasteiger charge is 2.56. The number of allylic oxidation sites excluding steroid dienone is 1. The van der Waals surface area contributed by atoms with Crippen LogP contribution >= 0.6 is 0 Å². The van der Waals surface area contributed by atoms with E-state index in [1.165, 1.54) is 0 Å². The summed E-state index contributed by atoms with van der Waals surface area (Å²) in [6.45, 7) is 10.6. The Balaban J connectivity index is 2.82. The Bertz CT molecular complexity index is 232. The van der Waals surface area contributed by atoms with Gasteiger partial charge in [0.1, 0.15) is 5.78 Å². The largest absolute Gasteiger partial charge is 0.377 e. The smallest absolute Gasteiger partial charge is 0.144 e. The van der Waals surface area contributed by atoms with E-state index in [1.807, 2.05) is 13.0 Å². The van der Waals surface area contributed by atoms with Crippen LogP contribution in [0.2, 0.25) is 0 Å². The van der Waals surface area contributed by atoms with Crippen molar-refractivity contribution in [3.8, 4) is 0 Å². The summed E-state index contributed by atoms with van der Waals surface area (Å²) in [5, 5.41) is 0. The average Bonchev–Trinajstić information content (AvgIpc) is 2.13. The van der Waals surface area contributed by atoms with Gasteiger partial charge < -0.3 is 4.74 Å². The van der Waals surface area contributed by atoms with Crippen molar-refractivity contribution in [2.24, 2.45) is 11.3 Å². The summed E-state index contributed by atoms with van der Waals surface area (Å²) in [7, 11) is 0.